The molecule has 0 saturated heterocycles. The molecule has 1 rings (SSSR count). The van der Waals surface area contributed by atoms with Crippen LogP contribution in [0.5, 0.6) is 0 Å². The normalized spacial score (nSPS) is 26.7. The molecule has 0 aromatic rings. The molecular weight excluding hydrogens is 236 g/mol. The lowest BCUT2D eigenvalue weighted by atomic mass is 9.92. The summed E-state index contributed by atoms with van der Waals surface area (Å²) in [7, 11) is -3.10. The van der Waals surface area contributed by atoms with Crippen LogP contribution >= 0.6 is 0 Å². The summed E-state index contributed by atoms with van der Waals surface area (Å²) in [6.45, 7) is 6.39. The smallest absolute Gasteiger partial charge is 0.214 e. The van der Waals surface area contributed by atoms with Gasteiger partial charge in [-0.1, -0.05) is 20.8 Å². The van der Waals surface area contributed by atoms with E-state index in [1.54, 1.807) is 4.31 Å². The Morgan fingerprint density at radius 1 is 1.24 bits per heavy atom. The highest BCUT2D eigenvalue weighted by Crippen LogP contribution is 2.24. The average molecular weight is 262 g/mol. The van der Waals surface area contributed by atoms with Gasteiger partial charge in [0.05, 0.1) is 5.75 Å². The minimum absolute atomic E-state index is 0.170. The average Bonchev–Trinajstić information content (AvgIpc) is 2.19. The number of nitrogens with zero attached hydrogens (tertiary/aromatic N) is 1. The molecule has 0 heterocycles. The zero-order valence-electron chi connectivity index (χ0n) is 11.2. The molecule has 0 radical (unpaired) electrons. The van der Waals surface area contributed by atoms with E-state index in [0.29, 0.717) is 6.54 Å². The van der Waals surface area contributed by atoms with E-state index < -0.39 is 10.0 Å². The van der Waals surface area contributed by atoms with Gasteiger partial charge in [-0.25, -0.2) is 8.42 Å². The fraction of sp³-hybridized carbons (Fsp3) is 1.00. The molecule has 1 aliphatic carbocycles. The predicted molar refractivity (Wildman–Crippen MR) is 71.2 cm³/mol. The molecule has 1 fully saturated rings. The molecule has 0 spiro atoms. The summed E-state index contributed by atoms with van der Waals surface area (Å²) in [6.07, 6.45) is 3.70. The van der Waals surface area contributed by atoms with Crippen molar-refractivity contribution < 1.29 is 8.42 Å². The highest BCUT2D eigenvalue weighted by atomic mass is 32.2. The first kappa shape index (κ1) is 14.9. The Kier molecular flexibility index (Phi) is 5.41. The van der Waals surface area contributed by atoms with Gasteiger partial charge in [0.2, 0.25) is 10.0 Å². The molecular formula is C12H26N2O2S. The summed E-state index contributed by atoms with van der Waals surface area (Å²) in [4.78, 5) is 0. The zero-order valence-corrected chi connectivity index (χ0v) is 12.0. The van der Waals surface area contributed by atoms with Gasteiger partial charge in [0, 0.05) is 18.6 Å². The molecule has 4 nitrogen and oxygen atoms in total. The van der Waals surface area contributed by atoms with E-state index >= 15 is 0 Å². The molecule has 0 aromatic carbocycles. The molecule has 0 atom stereocenters. The van der Waals surface area contributed by atoms with Gasteiger partial charge in [-0.05, 0) is 31.6 Å². The predicted octanol–water partition coefficient (Wildman–Crippen LogP) is 1.56. The van der Waals surface area contributed by atoms with Crippen molar-refractivity contribution in [3.8, 4) is 0 Å². The Bertz CT molecular complexity index is 319. The SMILES string of the molecule is CCN(C1CCC(N)CC1)S(=O)(=O)CC(C)C. The van der Waals surface area contributed by atoms with Crippen LogP contribution in [-0.4, -0.2) is 37.1 Å². The number of nitrogens with two attached hydrogens (primary N) is 1. The van der Waals surface area contributed by atoms with Crippen molar-refractivity contribution in [1.29, 1.82) is 0 Å². The second-order valence-corrected chi connectivity index (χ2v) is 7.41. The summed E-state index contributed by atoms with van der Waals surface area (Å²) in [5.41, 5.74) is 5.86. The van der Waals surface area contributed by atoms with Crippen molar-refractivity contribution in [2.45, 2.75) is 58.5 Å². The Morgan fingerprint density at radius 3 is 2.18 bits per heavy atom. The van der Waals surface area contributed by atoms with E-state index in [2.05, 4.69) is 0 Å². The molecule has 0 unspecified atom stereocenters. The molecule has 1 saturated carbocycles. The van der Waals surface area contributed by atoms with Gasteiger partial charge in [0.25, 0.3) is 0 Å². The maximum Gasteiger partial charge on any atom is 0.214 e. The highest BCUT2D eigenvalue weighted by molar-refractivity contribution is 7.89. The lowest BCUT2D eigenvalue weighted by Crippen LogP contribution is -2.45. The maximum absolute atomic E-state index is 12.2. The van der Waals surface area contributed by atoms with E-state index in [-0.39, 0.29) is 23.8 Å². The first-order valence-electron chi connectivity index (χ1n) is 6.62. The van der Waals surface area contributed by atoms with Crippen LogP contribution in [0, 0.1) is 5.92 Å². The van der Waals surface area contributed by atoms with E-state index in [4.69, 9.17) is 5.73 Å². The number of sulfonamides is 1. The third-order valence-corrected chi connectivity index (χ3v) is 5.72. The highest BCUT2D eigenvalue weighted by Gasteiger charge is 2.31. The molecule has 0 bridgehead atoms. The number of rotatable bonds is 5. The first-order chi connectivity index (χ1) is 7.86. The fourth-order valence-electron chi connectivity index (χ4n) is 2.59. The molecule has 0 aliphatic heterocycles. The second-order valence-electron chi connectivity index (χ2n) is 5.44. The topological polar surface area (TPSA) is 63.4 Å². The van der Waals surface area contributed by atoms with Crippen molar-refractivity contribution in [2.24, 2.45) is 11.7 Å². The molecule has 102 valence electrons. The first-order valence-corrected chi connectivity index (χ1v) is 8.22. The number of hydrogen-bond donors (Lipinski definition) is 1. The van der Waals surface area contributed by atoms with Crippen LogP contribution in [0.3, 0.4) is 0 Å². The Hall–Kier alpha value is -0.130. The lowest BCUT2D eigenvalue weighted by molar-refractivity contribution is 0.246. The van der Waals surface area contributed by atoms with E-state index in [1.807, 2.05) is 20.8 Å². The third-order valence-electron chi connectivity index (χ3n) is 3.36. The van der Waals surface area contributed by atoms with Crippen LogP contribution in [0.15, 0.2) is 0 Å². The molecule has 1 aliphatic rings. The lowest BCUT2D eigenvalue weighted by Gasteiger charge is -2.34. The van der Waals surface area contributed by atoms with Crippen molar-refractivity contribution in [3.63, 3.8) is 0 Å². The molecule has 2 N–H and O–H groups in total. The van der Waals surface area contributed by atoms with Crippen molar-refractivity contribution >= 4 is 10.0 Å². The molecule has 0 aromatic heterocycles. The second kappa shape index (κ2) is 6.16. The van der Waals surface area contributed by atoms with Gasteiger partial charge in [-0.2, -0.15) is 4.31 Å². The van der Waals surface area contributed by atoms with E-state index in [0.717, 1.165) is 25.7 Å². The van der Waals surface area contributed by atoms with Crippen LogP contribution < -0.4 is 5.73 Å². The Balaban J connectivity index is 2.70. The Morgan fingerprint density at radius 2 is 1.76 bits per heavy atom. The van der Waals surface area contributed by atoms with Gasteiger partial charge in [-0.15, -0.1) is 0 Å². The van der Waals surface area contributed by atoms with Gasteiger partial charge < -0.3 is 5.73 Å². The summed E-state index contributed by atoms with van der Waals surface area (Å²) in [5, 5.41) is 0. The van der Waals surface area contributed by atoms with Crippen LogP contribution in [0.25, 0.3) is 0 Å². The van der Waals surface area contributed by atoms with Gasteiger partial charge in [0.15, 0.2) is 0 Å². The van der Waals surface area contributed by atoms with Crippen molar-refractivity contribution in [3.05, 3.63) is 0 Å². The fourth-order valence-corrected chi connectivity index (χ4v) is 4.68. The van der Waals surface area contributed by atoms with Gasteiger partial charge >= 0.3 is 0 Å². The molecule has 0 amide bonds. The van der Waals surface area contributed by atoms with Crippen LogP contribution in [0.1, 0.15) is 46.5 Å². The maximum atomic E-state index is 12.2. The van der Waals surface area contributed by atoms with Crippen LogP contribution in [0.2, 0.25) is 0 Å². The minimum atomic E-state index is -3.10. The number of hydrogen-bond acceptors (Lipinski definition) is 3. The van der Waals surface area contributed by atoms with Gasteiger partial charge in [-0.3, -0.25) is 0 Å². The largest absolute Gasteiger partial charge is 0.328 e. The summed E-state index contributed by atoms with van der Waals surface area (Å²) in [5.74, 6) is 0.434. The summed E-state index contributed by atoms with van der Waals surface area (Å²) in [6, 6.07) is 0.432. The molecule has 5 heteroatoms. The van der Waals surface area contributed by atoms with Crippen LogP contribution in [-0.2, 0) is 10.0 Å². The van der Waals surface area contributed by atoms with E-state index in [9.17, 15) is 8.42 Å². The van der Waals surface area contributed by atoms with E-state index in [1.165, 1.54) is 0 Å². The standard InChI is InChI=1S/C12H26N2O2S/c1-4-14(17(15,16)9-10(2)3)12-7-5-11(13)6-8-12/h10-12H,4-9,13H2,1-3H3. The molecule has 17 heavy (non-hydrogen) atoms. The Labute approximate surface area is 106 Å². The van der Waals surface area contributed by atoms with Crippen molar-refractivity contribution in [1.82, 2.24) is 4.31 Å². The minimum Gasteiger partial charge on any atom is -0.328 e. The third kappa shape index (κ3) is 4.23. The van der Waals surface area contributed by atoms with Crippen LogP contribution in [0.4, 0.5) is 0 Å². The summed E-state index contributed by atoms with van der Waals surface area (Å²) >= 11 is 0. The quantitative estimate of drug-likeness (QED) is 0.818. The monoisotopic (exact) mass is 262 g/mol. The summed E-state index contributed by atoms with van der Waals surface area (Å²) < 4.78 is 26.2. The van der Waals surface area contributed by atoms with Gasteiger partial charge in [0.1, 0.15) is 0 Å². The zero-order chi connectivity index (χ0) is 13.1. The van der Waals surface area contributed by atoms with Crippen molar-refractivity contribution in [2.75, 3.05) is 12.3 Å².